The standard InChI is InChI=1S/C9H8O3/c1-2-6-3-4-8(10)7(5-6)9(11)12/h2-5,10H,1H2,(H,11,12)/p-1. The van der Waals surface area contributed by atoms with Crippen LogP contribution >= 0.6 is 0 Å². The average Bonchev–Trinajstić information content (AvgIpc) is 2.05. The Morgan fingerprint density at radius 1 is 1.58 bits per heavy atom. The van der Waals surface area contributed by atoms with Crippen LogP contribution < -0.4 is 5.11 Å². The Labute approximate surface area is 69.6 Å². The van der Waals surface area contributed by atoms with Crippen molar-refractivity contribution in [3.05, 3.63) is 35.9 Å². The van der Waals surface area contributed by atoms with Crippen molar-refractivity contribution in [1.82, 2.24) is 0 Å². The Hall–Kier alpha value is -1.77. The summed E-state index contributed by atoms with van der Waals surface area (Å²) in [6.07, 6.45) is 1.49. The molecule has 1 aromatic rings. The van der Waals surface area contributed by atoms with E-state index < -0.39 is 11.7 Å². The number of carboxylic acid groups (broad SMARTS) is 1. The van der Waals surface area contributed by atoms with Gasteiger partial charge in [-0.3, -0.25) is 0 Å². The molecule has 0 fully saturated rings. The van der Waals surface area contributed by atoms with Crippen molar-refractivity contribution < 1.29 is 15.0 Å². The Morgan fingerprint density at radius 2 is 2.25 bits per heavy atom. The first-order valence-corrected chi connectivity index (χ1v) is 3.32. The highest BCUT2D eigenvalue weighted by atomic mass is 16.4. The van der Waals surface area contributed by atoms with Crippen LogP contribution in [0.25, 0.3) is 6.08 Å². The lowest BCUT2D eigenvalue weighted by Gasteiger charge is -2.09. The van der Waals surface area contributed by atoms with Gasteiger partial charge in [-0.1, -0.05) is 30.5 Å². The molecule has 0 aliphatic carbocycles. The number of benzene rings is 1. The van der Waals surface area contributed by atoms with Crippen LogP contribution in [0.4, 0.5) is 0 Å². The highest BCUT2D eigenvalue weighted by Crippen LogP contribution is 2.15. The van der Waals surface area contributed by atoms with Crippen LogP contribution in [0, 0.1) is 0 Å². The van der Waals surface area contributed by atoms with Gasteiger partial charge < -0.3 is 10.2 Å². The van der Waals surface area contributed by atoms with Crippen LogP contribution in [0.1, 0.15) is 15.9 Å². The molecule has 12 heavy (non-hydrogen) atoms. The fraction of sp³-hybridized carbons (Fsp3) is 0. The molecule has 0 radical (unpaired) electrons. The fourth-order valence-corrected chi connectivity index (χ4v) is 0.842. The van der Waals surface area contributed by atoms with E-state index in [4.69, 9.17) is 5.11 Å². The lowest BCUT2D eigenvalue weighted by Crippen LogP contribution is -2.03. The van der Waals surface area contributed by atoms with E-state index in [0.717, 1.165) is 0 Å². The molecule has 3 nitrogen and oxygen atoms in total. The summed E-state index contributed by atoms with van der Waals surface area (Å²) < 4.78 is 0. The molecule has 0 atom stereocenters. The fourth-order valence-electron chi connectivity index (χ4n) is 0.842. The van der Waals surface area contributed by atoms with Crippen LogP contribution in [-0.4, -0.2) is 11.1 Å². The average molecular weight is 163 g/mol. The van der Waals surface area contributed by atoms with Gasteiger partial charge in [0.05, 0.1) is 5.56 Å². The van der Waals surface area contributed by atoms with Gasteiger partial charge in [0.2, 0.25) is 0 Å². The van der Waals surface area contributed by atoms with E-state index in [1.807, 2.05) is 0 Å². The predicted octanol–water partition coefficient (Wildman–Crippen LogP) is 1.10. The molecule has 1 aromatic carbocycles. The van der Waals surface area contributed by atoms with Crippen LogP contribution in [0.5, 0.6) is 5.75 Å². The second-order valence-corrected chi connectivity index (χ2v) is 2.26. The van der Waals surface area contributed by atoms with Gasteiger partial charge in [-0.15, -0.1) is 0 Å². The van der Waals surface area contributed by atoms with Gasteiger partial charge in [0.15, 0.2) is 0 Å². The Morgan fingerprint density at radius 3 is 2.75 bits per heavy atom. The van der Waals surface area contributed by atoms with Crippen molar-refractivity contribution >= 4 is 12.0 Å². The van der Waals surface area contributed by atoms with E-state index in [-0.39, 0.29) is 5.56 Å². The molecular formula is C9H7O3-. The van der Waals surface area contributed by atoms with Crippen LogP contribution in [0.2, 0.25) is 0 Å². The number of hydrogen-bond donors (Lipinski definition) is 1. The smallest absolute Gasteiger partial charge is 0.335 e. The summed E-state index contributed by atoms with van der Waals surface area (Å²) in [5.74, 6) is -1.68. The van der Waals surface area contributed by atoms with Gasteiger partial charge >= 0.3 is 5.97 Å². The zero-order valence-corrected chi connectivity index (χ0v) is 6.28. The molecule has 0 unspecified atom stereocenters. The minimum absolute atomic E-state index is 0.215. The minimum atomic E-state index is -1.20. The van der Waals surface area contributed by atoms with Gasteiger partial charge in [-0.25, -0.2) is 4.79 Å². The minimum Gasteiger partial charge on any atom is -0.872 e. The topological polar surface area (TPSA) is 60.4 Å². The predicted molar refractivity (Wildman–Crippen MR) is 42.9 cm³/mol. The summed E-state index contributed by atoms with van der Waals surface area (Å²) in [5.41, 5.74) is 0.416. The van der Waals surface area contributed by atoms with Crippen LogP contribution in [-0.2, 0) is 0 Å². The van der Waals surface area contributed by atoms with Gasteiger partial charge in [0.1, 0.15) is 0 Å². The summed E-state index contributed by atoms with van der Waals surface area (Å²) in [6.45, 7) is 3.47. The third-order valence-corrected chi connectivity index (χ3v) is 1.47. The van der Waals surface area contributed by atoms with E-state index >= 15 is 0 Å². The molecule has 0 saturated heterocycles. The van der Waals surface area contributed by atoms with Gasteiger partial charge in [-0.2, -0.15) is 0 Å². The number of carbonyl (C=O) groups is 1. The second-order valence-electron chi connectivity index (χ2n) is 2.26. The van der Waals surface area contributed by atoms with E-state index in [2.05, 4.69) is 6.58 Å². The van der Waals surface area contributed by atoms with Crippen molar-refractivity contribution in [2.75, 3.05) is 0 Å². The maximum absolute atomic E-state index is 10.9. The highest BCUT2D eigenvalue weighted by Gasteiger charge is 2.02. The van der Waals surface area contributed by atoms with Crippen molar-refractivity contribution in [2.24, 2.45) is 0 Å². The summed E-state index contributed by atoms with van der Waals surface area (Å²) in [4.78, 5) is 10.5. The molecule has 0 saturated carbocycles. The maximum atomic E-state index is 10.9. The number of rotatable bonds is 2. The molecule has 0 amide bonds. The first-order chi connectivity index (χ1) is 5.65. The Balaban J connectivity index is 3.25. The van der Waals surface area contributed by atoms with Gasteiger partial charge in [-0.05, 0) is 11.6 Å². The van der Waals surface area contributed by atoms with E-state index in [0.29, 0.717) is 5.56 Å². The van der Waals surface area contributed by atoms with Gasteiger partial charge in [0.25, 0.3) is 0 Å². The summed E-state index contributed by atoms with van der Waals surface area (Å²) >= 11 is 0. The summed E-state index contributed by atoms with van der Waals surface area (Å²) in [5, 5.41) is 19.5. The maximum Gasteiger partial charge on any atom is 0.335 e. The van der Waals surface area contributed by atoms with Crippen molar-refractivity contribution in [2.45, 2.75) is 0 Å². The molecule has 0 heterocycles. The normalized spacial score (nSPS) is 9.33. The molecule has 0 aliphatic rings. The SMILES string of the molecule is C=Cc1ccc([O-])c(C(=O)O)c1. The number of hydrogen-bond acceptors (Lipinski definition) is 2. The molecule has 0 aromatic heterocycles. The first-order valence-electron chi connectivity index (χ1n) is 3.32. The largest absolute Gasteiger partial charge is 0.872 e. The second kappa shape index (κ2) is 3.09. The third-order valence-electron chi connectivity index (χ3n) is 1.47. The van der Waals surface area contributed by atoms with Crippen LogP contribution in [0.15, 0.2) is 24.8 Å². The van der Waals surface area contributed by atoms with E-state index in [9.17, 15) is 9.90 Å². The van der Waals surface area contributed by atoms with E-state index in [1.54, 1.807) is 0 Å². The molecular weight excluding hydrogens is 156 g/mol. The third kappa shape index (κ3) is 1.45. The molecule has 0 bridgehead atoms. The van der Waals surface area contributed by atoms with Crippen molar-refractivity contribution in [3.63, 3.8) is 0 Å². The van der Waals surface area contributed by atoms with E-state index in [1.165, 1.54) is 24.3 Å². The van der Waals surface area contributed by atoms with Gasteiger partial charge in [0, 0.05) is 0 Å². The zero-order valence-electron chi connectivity index (χ0n) is 6.28. The quantitative estimate of drug-likeness (QED) is 0.710. The summed E-state index contributed by atoms with van der Waals surface area (Å²) in [7, 11) is 0. The Bertz CT molecular complexity index is 329. The highest BCUT2D eigenvalue weighted by molar-refractivity contribution is 5.91. The monoisotopic (exact) mass is 163 g/mol. The molecule has 0 aliphatic heterocycles. The molecule has 62 valence electrons. The lowest BCUT2D eigenvalue weighted by molar-refractivity contribution is -0.268. The molecule has 1 rings (SSSR count). The van der Waals surface area contributed by atoms with Crippen LogP contribution in [0.3, 0.4) is 0 Å². The zero-order chi connectivity index (χ0) is 9.14. The number of carboxylic acids is 1. The lowest BCUT2D eigenvalue weighted by atomic mass is 10.1. The van der Waals surface area contributed by atoms with Crippen molar-refractivity contribution in [3.8, 4) is 5.75 Å². The number of aromatic carboxylic acids is 1. The van der Waals surface area contributed by atoms with Crippen molar-refractivity contribution in [1.29, 1.82) is 0 Å². The molecule has 3 heteroatoms. The first kappa shape index (κ1) is 8.33. The Kier molecular flexibility index (Phi) is 2.14. The molecule has 0 spiro atoms. The molecule has 1 N–H and O–H groups in total. The summed E-state index contributed by atoms with van der Waals surface area (Å²) in [6, 6.07) is 4.06.